The quantitative estimate of drug-likeness (QED) is 0.678. The first-order valence-electron chi connectivity index (χ1n) is 4.42. The van der Waals surface area contributed by atoms with Crippen LogP contribution in [0.4, 0.5) is 5.95 Å². The van der Waals surface area contributed by atoms with Crippen molar-refractivity contribution < 1.29 is 9.53 Å². The maximum Gasteiger partial charge on any atom is 0.310 e. The third-order valence-corrected chi connectivity index (χ3v) is 2.01. The van der Waals surface area contributed by atoms with Crippen LogP contribution >= 0.6 is 0 Å². The molecule has 1 aromatic rings. The van der Waals surface area contributed by atoms with Gasteiger partial charge in [-0.05, 0) is 6.92 Å². The van der Waals surface area contributed by atoms with Crippen LogP contribution < -0.4 is 10.9 Å². The molecule has 0 radical (unpaired) electrons. The second-order valence-electron chi connectivity index (χ2n) is 2.98. The molecule has 1 heterocycles. The molecule has 1 rings (SSSR count). The molecule has 0 bridgehead atoms. The van der Waals surface area contributed by atoms with E-state index in [1.807, 2.05) is 0 Å². The minimum atomic E-state index is -0.456. The van der Waals surface area contributed by atoms with Gasteiger partial charge >= 0.3 is 5.97 Å². The third-order valence-electron chi connectivity index (χ3n) is 2.01. The van der Waals surface area contributed by atoms with Crippen molar-refractivity contribution >= 4 is 11.9 Å². The van der Waals surface area contributed by atoms with Gasteiger partial charge in [0.05, 0.1) is 19.2 Å². The number of nitrogens with one attached hydrogen (secondary N) is 2. The molecule has 0 spiro atoms. The van der Waals surface area contributed by atoms with Crippen molar-refractivity contribution in [3.05, 3.63) is 21.6 Å². The molecule has 6 nitrogen and oxygen atoms in total. The Morgan fingerprint density at radius 1 is 1.60 bits per heavy atom. The predicted octanol–water partition coefficient (Wildman–Crippen LogP) is -0.164. The first-order valence-corrected chi connectivity index (χ1v) is 4.42. The van der Waals surface area contributed by atoms with Gasteiger partial charge in [-0.2, -0.15) is 0 Å². The number of H-pyrrole nitrogens is 1. The van der Waals surface area contributed by atoms with Gasteiger partial charge in [-0.3, -0.25) is 14.6 Å². The van der Waals surface area contributed by atoms with E-state index < -0.39 is 5.97 Å². The number of carbonyl (C=O) groups is 1. The zero-order valence-corrected chi connectivity index (χ0v) is 8.88. The number of aryl methyl sites for hydroxylation is 1. The van der Waals surface area contributed by atoms with E-state index in [1.54, 1.807) is 14.0 Å². The fourth-order valence-electron chi connectivity index (χ4n) is 1.15. The lowest BCUT2D eigenvalue weighted by atomic mass is 10.2. The van der Waals surface area contributed by atoms with E-state index in [9.17, 15) is 9.59 Å². The number of aromatic amines is 1. The lowest BCUT2D eigenvalue weighted by Gasteiger charge is -2.05. The molecule has 6 heteroatoms. The molecule has 0 unspecified atom stereocenters. The summed E-state index contributed by atoms with van der Waals surface area (Å²) in [6.07, 6.45) is -0.0609. The third kappa shape index (κ3) is 2.55. The van der Waals surface area contributed by atoms with Crippen molar-refractivity contribution in [1.29, 1.82) is 0 Å². The SMILES string of the molecule is CNc1nc(C)c(CC(=O)OC)c(=O)[nH]1. The van der Waals surface area contributed by atoms with Gasteiger partial charge < -0.3 is 10.1 Å². The van der Waals surface area contributed by atoms with E-state index in [0.717, 1.165) is 0 Å². The largest absolute Gasteiger partial charge is 0.469 e. The van der Waals surface area contributed by atoms with Gasteiger partial charge in [-0.25, -0.2) is 4.98 Å². The number of hydrogen-bond acceptors (Lipinski definition) is 5. The molecule has 0 amide bonds. The highest BCUT2D eigenvalue weighted by molar-refractivity contribution is 5.72. The standard InChI is InChI=1S/C9H13N3O3/c1-5-6(4-7(13)15-3)8(14)12-9(10-2)11-5/h4H2,1-3H3,(H2,10,11,12,14). The summed E-state index contributed by atoms with van der Waals surface area (Å²) in [6, 6.07) is 0. The van der Waals surface area contributed by atoms with Gasteiger partial charge in [-0.1, -0.05) is 0 Å². The van der Waals surface area contributed by atoms with Gasteiger partial charge in [-0.15, -0.1) is 0 Å². The number of ether oxygens (including phenoxy) is 1. The molecule has 15 heavy (non-hydrogen) atoms. The lowest BCUT2D eigenvalue weighted by Crippen LogP contribution is -2.21. The summed E-state index contributed by atoms with van der Waals surface area (Å²) in [4.78, 5) is 29.1. The number of carbonyl (C=O) groups excluding carboxylic acids is 1. The molecule has 0 atom stereocenters. The van der Waals surface area contributed by atoms with E-state index in [1.165, 1.54) is 7.11 Å². The zero-order valence-electron chi connectivity index (χ0n) is 8.88. The van der Waals surface area contributed by atoms with Crippen molar-refractivity contribution in [2.45, 2.75) is 13.3 Å². The first kappa shape index (κ1) is 11.2. The summed E-state index contributed by atoms with van der Waals surface area (Å²) >= 11 is 0. The van der Waals surface area contributed by atoms with E-state index >= 15 is 0 Å². The van der Waals surface area contributed by atoms with Crippen molar-refractivity contribution in [2.75, 3.05) is 19.5 Å². The minimum Gasteiger partial charge on any atom is -0.469 e. The summed E-state index contributed by atoms with van der Waals surface area (Å²) in [5.41, 5.74) is 0.534. The molecule has 0 aliphatic heterocycles. The van der Waals surface area contributed by atoms with Crippen LogP contribution in [-0.4, -0.2) is 30.1 Å². The summed E-state index contributed by atoms with van der Waals surface area (Å²) in [5.74, 6) is -0.0753. The Labute approximate surface area is 86.7 Å². The second-order valence-corrected chi connectivity index (χ2v) is 2.98. The molecule has 0 saturated carbocycles. The van der Waals surface area contributed by atoms with E-state index in [0.29, 0.717) is 17.2 Å². The van der Waals surface area contributed by atoms with Crippen molar-refractivity contribution in [3.8, 4) is 0 Å². The average Bonchev–Trinajstić information content (AvgIpc) is 2.22. The normalized spacial score (nSPS) is 9.80. The monoisotopic (exact) mass is 211 g/mol. The van der Waals surface area contributed by atoms with Crippen molar-refractivity contribution in [3.63, 3.8) is 0 Å². The Bertz CT molecular complexity index is 425. The van der Waals surface area contributed by atoms with Crippen LogP contribution in [0.25, 0.3) is 0 Å². The topological polar surface area (TPSA) is 84.1 Å². The molecule has 0 aliphatic rings. The first-order chi connectivity index (χ1) is 7.08. The molecule has 0 aliphatic carbocycles. The van der Waals surface area contributed by atoms with E-state index in [4.69, 9.17) is 0 Å². The van der Waals surface area contributed by atoms with Gasteiger partial charge in [0.25, 0.3) is 5.56 Å². The van der Waals surface area contributed by atoms with Crippen LogP contribution in [-0.2, 0) is 16.0 Å². The van der Waals surface area contributed by atoms with Crippen LogP contribution in [0.5, 0.6) is 0 Å². The number of rotatable bonds is 3. The Kier molecular flexibility index (Phi) is 3.43. The highest BCUT2D eigenvalue weighted by atomic mass is 16.5. The maximum atomic E-state index is 11.5. The molecule has 0 saturated heterocycles. The minimum absolute atomic E-state index is 0.0609. The summed E-state index contributed by atoms with van der Waals surface area (Å²) in [5, 5.41) is 2.72. The smallest absolute Gasteiger partial charge is 0.310 e. The van der Waals surface area contributed by atoms with Crippen LogP contribution in [0.1, 0.15) is 11.3 Å². The molecule has 82 valence electrons. The maximum absolute atomic E-state index is 11.5. The van der Waals surface area contributed by atoms with Crippen LogP contribution in [0.2, 0.25) is 0 Å². The number of hydrogen-bond donors (Lipinski definition) is 2. The summed E-state index contributed by atoms with van der Waals surface area (Å²) in [6.45, 7) is 1.67. The zero-order chi connectivity index (χ0) is 11.4. The molecule has 0 aromatic carbocycles. The highest BCUT2D eigenvalue weighted by Crippen LogP contribution is 2.03. The fourth-order valence-corrected chi connectivity index (χ4v) is 1.15. The Morgan fingerprint density at radius 2 is 2.27 bits per heavy atom. The number of methoxy groups -OCH3 is 1. The average molecular weight is 211 g/mol. The van der Waals surface area contributed by atoms with Gasteiger partial charge in [0.2, 0.25) is 5.95 Å². The Morgan fingerprint density at radius 3 is 2.73 bits per heavy atom. The van der Waals surface area contributed by atoms with Gasteiger partial charge in [0.1, 0.15) is 0 Å². The molecular weight excluding hydrogens is 198 g/mol. The Balaban J connectivity index is 3.09. The number of esters is 1. The van der Waals surface area contributed by atoms with Crippen LogP contribution in [0.3, 0.4) is 0 Å². The number of aromatic nitrogens is 2. The number of anilines is 1. The fraction of sp³-hybridized carbons (Fsp3) is 0.444. The van der Waals surface area contributed by atoms with Gasteiger partial charge in [0, 0.05) is 12.6 Å². The van der Waals surface area contributed by atoms with Crippen molar-refractivity contribution in [2.24, 2.45) is 0 Å². The van der Waals surface area contributed by atoms with E-state index in [-0.39, 0.29) is 12.0 Å². The second kappa shape index (κ2) is 4.59. The molecule has 2 N–H and O–H groups in total. The predicted molar refractivity (Wildman–Crippen MR) is 54.9 cm³/mol. The summed E-state index contributed by atoms with van der Waals surface area (Å²) in [7, 11) is 2.93. The van der Waals surface area contributed by atoms with Crippen LogP contribution in [0, 0.1) is 6.92 Å². The molecule has 1 aromatic heterocycles. The Hall–Kier alpha value is -1.85. The van der Waals surface area contributed by atoms with E-state index in [2.05, 4.69) is 20.0 Å². The lowest BCUT2D eigenvalue weighted by molar-refractivity contribution is -0.139. The molecule has 0 fully saturated rings. The van der Waals surface area contributed by atoms with Gasteiger partial charge in [0.15, 0.2) is 0 Å². The number of nitrogens with zero attached hydrogens (tertiary/aromatic N) is 1. The van der Waals surface area contributed by atoms with Crippen molar-refractivity contribution in [1.82, 2.24) is 9.97 Å². The highest BCUT2D eigenvalue weighted by Gasteiger charge is 2.12. The van der Waals surface area contributed by atoms with Crippen LogP contribution in [0.15, 0.2) is 4.79 Å². The summed E-state index contributed by atoms with van der Waals surface area (Å²) < 4.78 is 4.49. The molecular formula is C9H13N3O3.